The van der Waals surface area contributed by atoms with E-state index in [1.165, 1.54) is 18.4 Å². The third-order valence-electron chi connectivity index (χ3n) is 2.06. The summed E-state index contributed by atoms with van der Waals surface area (Å²) in [4.78, 5) is 34.1. The number of nitrogens with zero attached hydrogens (tertiary/aromatic N) is 1. The summed E-state index contributed by atoms with van der Waals surface area (Å²) in [5.41, 5.74) is 0.485. The summed E-state index contributed by atoms with van der Waals surface area (Å²) in [7, 11) is 2.42. The molecule has 1 aromatic heterocycles. The molecule has 18 heavy (non-hydrogen) atoms. The van der Waals surface area contributed by atoms with Crippen LogP contribution in [0.3, 0.4) is 0 Å². The maximum absolute atomic E-state index is 11.6. The fourth-order valence-electron chi connectivity index (χ4n) is 1.15. The highest BCUT2D eigenvalue weighted by Gasteiger charge is 2.19. The predicted octanol–water partition coefficient (Wildman–Crippen LogP) is 1.61. The van der Waals surface area contributed by atoms with Gasteiger partial charge in [0.25, 0.3) is 0 Å². The number of amides is 3. The molecule has 0 aliphatic heterocycles. The van der Waals surface area contributed by atoms with Crippen molar-refractivity contribution in [3.05, 3.63) is 17.0 Å². The number of imide groups is 1. The Bertz CT molecular complexity index is 471. The lowest BCUT2D eigenvalue weighted by Crippen LogP contribution is -2.36. The van der Waals surface area contributed by atoms with Gasteiger partial charge in [0.1, 0.15) is 5.00 Å². The van der Waals surface area contributed by atoms with Crippen LogP contribution in [0, 0.1) is 0 Å². The molecule has 8 heteroatoms. The first kappa shape index (κ1) is 14.0. The van der Waals surface area contributed by atoms with Crippen molar-refractivity contribution in [3.63, 3.8) is 0 Å². The number of ether oxygens (including phenoxy) is 1. The zero-order valence-corrected chi connectivity index (χ0v) is 10.6. The fourth-order valence-corrected chi connectivity index (χ4v) is 1.95. The van der Waals surface area contributed by atoms with Crippen LogP contribution in [0.25, 0.3) is 0 Å². The summed E-state index contributed by atoms with van der Waals surface area (Å²) in [6.07, 6.45) is -0.995. The van der Waals surface area contributed by atoms with E-state index in [2.05, 4.69) is 10.1 Å². The first-order valence-corrected chi connectivity index (χ1v) is 5.74. The molecular weight excluding hydrogens is 260 g/mol. The average molecular weight is 272 g/mol. The zero-order chi connectivity index (χ0) is 13.7. The predicted molar refractivity (Wildman–Crippen MR) is 64.8 cm³/mol. The second-order valence-electron chi connectivity index (χ2n) is 3.30. The van der Waals surface area contributed by atoms with Crippen molar-refractivity contribution in [1.29, 1.82) is 0 Å². The standard InChI is InChI=1S/C10H12N2O5S/c1-12(10(16)17-2)9(15)11-8-6(3-4-18-8)5-7(13)14/h3-4H,5H2,1-2H3,(H,11,15)(H,13,14). The highest BCUT2D eigenvalue weighted by atomic mass is 32.1. The third kappa shape index (κ3) is 3.45. The van der Waals surface area contributed by atoms with E-state index in [1.807, 2.05) is 0 Å². The molecule has 0 aromatic carbocycles. The molecule has 0 unspecified atom stereocenters. The maximum Gasteiger partial charge on any atom is 0.417 e. The van der Waals surface area contributed by atoms with Gasteiger partial charge in [-0.2, -0.15) is 0 Å². The van der Waals surface area contributed by atoms with Crippen LogP contribution in [0.15, 0.2) is 11.4 Å². The number of methoxy groups -OCH3 is 1. The number of aliphatic carboxylic acids is 1. The van der Waals surface area contributed by atoms with E-state index in [-0.39, 0.29) is 6.42 Å². The van der Waals surface area contributed by atoms with Gasteiger partial charge in [-0.1, -0.05) is 0 Å². The molecule has 0 saturated carbocycles. The van der Waals surface area contributed by atoms with Gasteiger partial charge < -0.3 is 9.84 Å². The summed E-state index contributed by atoms with van der Waals surface area (Å²) in [6, 6.07) is 0.919. The minimum atomic E-state index is -0.995. The summed E-state index contributed by atoms with van der Waals surface area (Å²) >= 11 is 1.18. The molecule has 1 rings (SSSR count). The van der Waals surface area contributed by atoms with Crippen LogP contribution in [-0.4, -0.2) is 42.3 Å². The monoisotopic (exact) mass is 272 g/mol. The largest absolute Gasteiger partial charge is 0.481 e. The Hall–Kier alpha value is -2.09. The second kappa shape index (κ2) is 6.01. The lowest BCUT2D eigenvalue weighted by atomic mass is 10.2. The van der Waals surface area contributed by atoms with Gasteiger partial charge in [-0.15, -0.1) is 11.3 Å². The topological polar surface area (TPSA) is 95.9 Å². The zero-order valence-electron chi connectivity index (χ0n) is 9.80. The Balaban J connectivity index is 2.73. The molecule has 0 spiro atoms. The molecule has 2 N–H and O–H groups in total. The number of thiophene rings is 1. The number of hydrogen-bond acceptors (Lipinski definition) is 5. The minimum absolute atomic E-state index is 0.193. The molecule has 98 valence electrons. The van der Waals surface area contributed by atoms with Gasteiger partial charge in [-0.3, -0.25) is 10.1 Å². The van der Waals surface area contributed by atoms with Crippen LogP contribution in [0.1, 0.15) is 5.56 Å². The van der Waals surface area contributed by atoms with E-state index in [4.69, 9.17) is 5.11 Å². The van der Waals surface area contributed by atoms with Gasteiger partial charge in [0.15, 0.2) is 0 Å². The SMILES string of the molecule is COC(=O)N(C)C(=O)Nc1sccc1CC(=O)O. The lowest BCUT2D eigenvalue weighted by Gasteiger charge is -2.14. The summed E-state index contributed by atoms with van der Waals surface area (Å²) in [5, 5.41) is 13.2. The number of hydrogen-bond donors (Lipinski definition) is 2. The van der Waals surface area contributed by atoms with Crippen LogP contribution in [0.5, 0.6) is 0 Å². The van der Waals surface area contributed by atoms with Gasteiger partial charge >= 0.3 is 18.1 Å². The average Bonchev–Trinajstić information content (AvgIpc) is 2.73. The molecule has 1 aromatic rings. The van der Waals surface area contributed by atoms with Crippen LogP contribution < -0.4 is 5.32 Å². The van der Waals surface area contributed by atoms with Crippen LogP contribution in [0.4, 0.5) is 14.6 Å². The van der Waals surface area contributed by atoms with Crippen molar-refractivity contribution in [1.82, 2.24) is 4.90 Å². The normalized spacial score (nSPS) is 9.67. The molecule has 0 atom stereocenters. The Morgan fingerprint density at radius 2 is 2.17 bits per heavy atom. The molecule has 0 radical (unpaired) electrons. The smallest absolute Gasteiger partial charge is 0.417 e. The fraction of sp³-hybridized carbons (Fsp3) is 0.300. The number of carboxylic acid groups (broad SMARTS) is 1. The first-order valence-electron chi connectivity index (χ1n) is 4.86. The molecule has 0 saturated heterocycles. The molecule has 1 heterocycles. The Morgan fingerprint density at radius 1 is 1.50 bits per heavy atom. The number of urea groups is 1. The lowest BCUT2D eigenvalue weighted by molar-refractivity contribution is -0.136. The number of carbonyl (C=O) groups excluding carboxylic acids is 2. The van der Waals surface area contributed by atoms with Crippen LogP contribution >= 0.6 is 11.3 Å². The van der Waals surface area contributed by atoms with Crippen molar-refractivity contribution in [2.75, 3.05) is 19.5 Å². The van der Waals surface area contributed by atoms with Crippen molar-refractivity contribution < 1.29 is 24.2 Å². The summed E-state index contributed by atoms with van der Waals surface area (Å²) in [6.45, 7) is 0. The summed E-state index contributed by atoms with van der Waals surface area (Å²) in [5.74, 6) is -0.995. The van der Waals surface area contributed by atoms with Gasteiger partial charge in [0, 0.05) is 7.05 Å². The van der Waals surface area contributed by atoms with Gasteiger partial charge in [0.05, 0.1) is 13.5 Å². The van der Waals surface area contributed by atoms with E-state index >= 15 is 0 Å². The molecule has 0 aliphatic rings. The Labute approximate surface area is 107 Å². The van der Waals surface area contributed by atoms with Crippen molar-refractivity contribution in [2.45, 2.75) is 6.42 Å². The maximum atomic E-state index is 11.6. The Kier molecular flexibility index (Phi) is 4.67. The van der Waals surface area contributed by atoms with Crippen LogP contribution in [0.2, 0.25) is 0 Å². The molecule has 0 bridgehead atoms. The molecular formula is C10H12N2O5S. The quantitative estimate of drug-likeness (QED) is 0.871. The van der Waals surface area contributed by atoms with E-state index in [1.54, 1.807) is 11.4 Å². The van der Waals surface area contributed by atoms with Gasteiger partial charge in [-0.25, -0.2) is 14.5 Å². The van der Waals surface area contributed by atoms with E-state index < -0.39 is 18.1 Å². The number of anilines is 1. The van der Waals surface area contributed by atoms with Gasteiger partial charge in [-0.05, 0) is 17.0 Å². The third-order valence-corrected chi connectivity index (χ3v) is 2.93. The van der Waals surface area contributed by atoms with Crippen molar-refractivity contribution in [3.8, 4) is 0 Å². The Morgan fingerprint density at radius 3 is 2.72 bits per heavy atom. The van der Waals surface area contributed by atoms with Crippen molar-refractivity contribution in [2.24, 2.45) is 0 Å². The van der Waals surface area contributed by atoms with E-state index in [0.29, 0.717) is 10.6 Å². The van der Waals surface area contributed by atoms with Crippen molar-refractivity contribution >= 4 is 34.4 Å². The molecule has 3 amide bonds. The number of carbonyl (C=O) groups is 3. The molecule has 0 aliphatic carbocycles. The first-order chi connectivity index (χ1) is 8.45. The number of nitrogens with one attached hydrogen (secondary N) is 1. The van der Waals surface area contributed by atoms with E-state index in [0.717, 1.165) is 12.0 Å². The summed E-state index contributed by atoms with van der Waals surface area (Å²) < 4.78 is 4.38. The minimum Gasteiger partial charge on any atom is -0.481 e. The van der Waals surface area contributed by atoms with E-state index in [9.17, 15) is 14.4 Å². The second-order valence-corrected chi connectivity index (χ2v) is 4.22. The highest BCUT2D eigenvalue weighted by molar-refractivity contribution is 7.14. The molecule has 7 nitrogen and oxygen atoms in total. The molecule has 0 fully saturated rings. The highest BCUT2D eigenvalue weighted by Crippen LogP contribution is 2.24. The number of rotatable bonds is 3. The van der Waals surface area contributed by atoms with Crippen LogP contribution in [-0.2, 0) is 16.0 Å². The number of carboxylic acids is 1. The van der Waals surface area contributed by atoms with Gasteiger partial charge in [0.2, 0.25) is 0 Å².